The summed E-state index contributed by atoms with van der Waals surface area (Å²) in [6.45, 7) is 1.78. The Bertz CT molecular complexity index is 748. The summed E-state index contributed by atoms with van der Waals surface area (Å²) < 4.78 is 39.7. The van der Waals surface area contributed by atoms with Crippen molar-refractivity contribution in [3.8, 4) is 0 Å². The second kappa shape index (κ2) is 7.24. The minimum atomic E-state index is -3.65. The fourth-order valence-corrected chi connectivity index (χ4v) is 2.04. The van der Waals surface area contributed by atoms with Crippen molar-refractivity contribution in [3.63, 3.8) is 0 Å². The molecule has 0 aliphatic rings. The Balaban J connectivity index is 2.35. The molecule has 0 radical (unpaired) electrons. The molecule has 0 spiro atoms. The van der Waals surface area contributed by atoms with Gasteiger partial charge in [0.15, 0.2) is 6.67 Å². The van der Waals surface area contributed by atoms with Crippen LogP contribution in [0.25, 0.3) is 5.70 Å². The first-order valence-corrected chi connectivity index (χ1v) is 7.12. The van der Waals surface area contributed by atoms with Gasteiger partial charge < -0.3 is 10.6 Å². The van der Waals surface area contributed by atoms with Gasteiger partial charge in [-0.15, -0.1) is 0 Å². The van der Waals surface area contributed by atoms with Crippen molar-refractivity contribution < 1.29 is 13.2 Å². The zero-order chi connectivity index (χ0) is 17.7. The van der Waals surface area contributed by atoms with Gasteiger partial charge >= 0.3 is 5.92 Å². The smallest absolute Gasteiger partial charge is 0.306 e. The highest BCUT2D eigenvalue weighted by molar-refractivity contribution is 5.75. The van der Waals surface area contributed by atoms with Crippen LogP contribution in [0.5, 0.6) is 0 Å². The summed E-state index contributed by atoms with van der Waals surface area (Å²) in [6.07, 6.45) is 5.71. The lowest BCUT2D eigenvalue weighted by atomic mass is 10.1. The first-order chi connectivity index (χ1) is 11.4. The number of aryl methyl sites for hydroxylation is 1. The van der Waals surface area contributed by atoms with Gasteiger partial charge in [-0.05, 0) is 13.8 Å². The number of hydrogen-bond acceptors (Lipinski definition) is 6. The van der Waals surface area contributed by atoms with E-state index in [1.54, 1.807) is 19.2 Å². The maximum Gasteiger partial charge on any atom is 0.306 e. The average molecular weight is 338 g/mol. The molecule has 0 atom stereocenters. The van der Waals surface area contributed by atoms with Crippen LogP contribution < -0.4 is 10.6 Å². The molecule has 0 aliphatic carbocycles. The number of nitrogens with zero attached hydrogens (tertiary/aromatic N) is 4. The summed E-state index contributed by atoms with van der Waals surface area (Å²) in [5.41, 5.74) is 1.49. The zero-order valence-electron chi connectivity index (χ0n) is 13.4. The molecule has 0 aliphatic heterocycles. The SMILES string of the molecule is C/C=C(/Nc1ncc(C(F)(F)CF)c(NC)n1)c1cncnc1C. The fraction of sp³-hybridized carbons (Fsp3) is 0.333. The van der Waals surface area contributed by atoms with E-state index in [1.807, 2.05) is 6.92 Å². The van der Waals surface area contributed by atoms with Gasteiger partial charge in [0.25, 0.3) is 0 Å². The maximum absolute atomic E-state index is 13.6. The molecule has 2 heterocycles. The quantitative estimate of drug-likeness (QED) is 0.843. The molecular formula is C15H17F3N6. The van der Waals surface area contributed by atoms with Crippen molar-refractivity contribution in [2.45, 2.75) is 19.8 Å². The van der Waals surface area contributed by atoms with Gasteiger partial charge in [0.1, 0.15) is 12.1 Å². The minimum absolute atomic E-state index is 0.0918. The van der Waals surface area contributed by atoms with Gasteiger partial charge in [-0.25, -0.2) is 19.3 Å². The van der Waals surface area contributed by atoms with Gasteiger partial charge in [0, 0.05) is 36.4 Å². The van der Waals surface area contributed by atoms with Crippen molar-refractivity contribution in [2.24, 2.45) is 0 Å². The van der Waals surface area contributed by atoms with Crippen molar-refractivity contribution in [1.82, 2.24) is 19.9 Å². The van der Waals surface area contributed by atoms with Crippen molar-refractivity contribution in [2.75, 3.05) is 24.4 Å². The number of halogens is 3. The van der Waals surface area contributed by atoms with Crippen LogP contribution in [0.15, 0.2) is 24.8 Å². The van der Waals surface area contributed by atoms with Crippen LogP contribution in [0, 0.1) is 6.92 Å². The van der Waals surface area contributed by atoms with E-state index in [-0.39, 0.29) is 11.8 Å². The van der Waals surface area contributed by atoms with E-state index in [2.05, 4.69) is 30.6 Å². The van der Waals surface area contributed by atoms with E-state index >= 15 is 0 Å². The highest BCUT2D eigenvalue weighted by atomic mass is 19.3. The first-order valence-electron chi connectivity index (χ1n) is 7.12. The molecule has 9 heteroatoms. The first kappa shape index (κ1) is 17.6. The third-order valence-electron chi connectivity index (χ3n) is 3.32. The molecule has 0 aromatic carbocycles. The van der Waals surface area contributed by atoms with E-state index in [1.165, 1.54) is 13.4 Å². The number of aromatic nitrogens is 4. The largest absolute Gasteiger partial charge is 0.373 e. The van der Waals surface area contributed by atoms with Crippen LogP contribution in [-0.2, 0) is 5.92 Å². The Labute approximate surface area is 137 Å². The van der Waals surface area contributed by atoms with Crippen LogP contribution in [0.3, 0.4) is 0 Å². The predicted octanol–water partition coefficient (Wildman–Crippen LogP) is 3.15. The van der Waals surface area contributed by atoms with E-state index in [4.69, 9.17) is 0 Å². The molecule has 0 fully saturated rings. The Morgan fingerprint density at radius 3 is 2.62 bits per heavy atom. The molecule has 0 saturated heterocycles. The lowest BCUT2D eigenvalue weighted by Gasteiger charge is -2.17. The van der Waals surface area contributed by atoms with Crippen LogP contribution in [0.4, 0.5) is 24.9 Å². The summed E-state index contributed by atoms with van der Waals surface area (Å²) in [7, 11) is 1.43. The van der Waals surface area contributed by atoms with Crippen LogP contribution >= 0.6 is 0 Å². The topological polar surface area (TPSA) is 75.6 Å². The zero-order valence-corrected chi connectivity index (χ0v) is 13.4. The molecule has 2 N–H and O–H groups in total. The highest BCUT2D eigenvalue weighted by Crippen LogP contribution is 2.33. The molecular weight excluding hydrogens is 321 g/mol. The van der Waals surface area contributed by atoms with Crippen molar-refractivity contribution in [1.29, 1.82) is 0 Å². The number of allylic oxidation sites excluding steroid dienone is 1. The molecule has 0 saturated carbocycles. The molecule has 2 aromatic heterocycles. The third-order valence-corrected chi connectivity index (χ3v) is 3.32. The third kappa shape index (κ3) is 3.61. The second-order valence-electron chi connectivity index (χ2n) is 4.89. The Kier molecular flexibility index (Phi) is 5.32. The monoisotopic (exact) mass is 338 g/mol. The predicted molar refractivity (Wildman–Crippen MR) is 85.5 cm³/mol. The van der Waals surface area contributed by atoms with Gasteiger partial charge in [-0.1, -0.05) is 6.08 Å². The highest BCUT2D eigenvalue weighted by Gasteiger charge is 2.35. The van der Waals surface area contributed by atoms with E-state index in [9.17, 15) is 13.2 Å². The lowest BCUT2D eigenvalue weighted by Crippen LogP contribution is -2.20. The van der Waals surface area contributed by atoms with Crippen LogP contribution in [-0.4, -0.2) is 33.7 Å². The molecule has 0 unspecified atom stereocenters. The van der Waals surface area contributed by atoms with E-state index in [0.717, 1.165) is 17.5 Å². The Morgan fingerprint density at radius 1 is 1.29 bits per heavy atom. The van der Waals surface area contributed by atoms with Crippen molar-refractivity contribution >= 4 is 17.5 Å². The summed E-state index contributed by atoms with van der Waals surface area (Å²) in [4.78, 5) is 15.9. The minimum Gasteiger partial charge on any atom is -0.373 e. The molecule has 0 amide bonds. The van der Waals surface area contributed by atoms with Gasteiger partial charge in [-0.3, -0.25) is 0 Å². The number of rotatable bonds is 6. The standard InChI is InChI=1S/C15H17F3N6/c1-4-12(10-5-20-8-22-9(10)2)23-14-21-6-11(13(19-3)24-14)15(17,18)7-16/h4-6,8H,7H2,1-3H3,(H2,19,21,23,24)/b12-4+. The van der Waals surface area contributed by atoms with Crippen LogP contribution in [0.2, 0.25) is 0 Å². The average Bonchev–Trinajstić information content (AvgIpc) is 2.60. The summed E-state index contributed by atoms with van der Waals surface area (Å²) >= 11 is 0. The number of anilines is 2. The summed E-state index contributed by atoms with van der Waals surface area (Å²) in [6, 6.07) is 0. The molecule has 24 heavy (non-hydrogen) atoms. The molecule has 0 bridgehead atoms. The number of nitrogens with one attached hydrogen (secondary N) is 2. The van der Waals surface area contributed by atoms with Gasteiger partial charge in [-0.2, -0.15) is 13.8 Å². The molecule has 2 rings (SSSR count). The normalized spacial score (nSPS) is 12.2. The van der Waals surface area contributed by atoms with E-state index < -0.39 is 18.2 Å². The fourth-order valence-electron chi connectivity index (χ4n) is 2.04. The van der Waals surface area contributed by atoms with Crippen molar-refractivity contribution in [3.05, 3.63) is 41.6 Å². The molecule has 6 nitrogen and oxygen atoms in total. The summed E-state index contributed by atoms with van der Waals surface area (Å²) in [5.74, 6) is -3.70. The second-order valence-corrected chi connectivity index (χ2v) is 4.89. The Hall–Kier alpha value is -2.71. The summed E-state index contributed by atoms with van der Waals surface area (Å²) in [5, 5.41) is 5.47. The van der Waals surface area contributed by atoms with Gasteiger partial charge in [0.05, 0.1) is 5.56 Å². The maximum atomic E-state index is 13.6. The van der Waals surface area contributed by atoms with Gasteiger partial charge in [0.2, 0.25) is 5.95 Å². The Morgan fingerprint density at radius 2 is 2.04 bits per heavy atom. The molecule has 128 valence electrons. The number of hydrogen-bond donors (Lipinski definition) is 2. The van der Waals surface area contributed by atoms with Crippen LogP contribution in [0.1, 0.15) is 23.7 Å². The lowest BCUT2D eigenvalue weighted by molar-refractivity contribution is -0.0279. The molecule has 2 aromatic rings. The number of alkyl halides is 3. The van der Waals surface area contributed by atoms with E-state index in [0.29, 0.717) is 5.70 Å².